The van der Waals surface area contributed by atoms with E-state index in [1.54, 1.807) is 18.2 Å². The van der Waals surface area contributed by atoms with E-state index in [4.69, 9.17) is 0 Å². The summed E-state index contributed by atoms with van der Waals surface area (Å²) in [6.45, 7) is 4.60. The third-order valence-electron chi connectivity index (χ3n) is 2.29. The molecule has 2 aromatic rings. The van der Waals surface area contributed by atoms with Crippen molar-refractivity contribution in [1.29, 1.82) is 0 Å². The number of halogens is 1. The van der Waals surface area contributed by atoms with Gasteiger partial charge in [0.25, 0.3) is 0 Å². The fourth-order valence-corrected chi connectivity index (χ4v) is 1.62. The molecule has 2 rings (SSSR count). The van der Waals surface area contributed by atoms with Crippen molar-refractivity contribution in [3.05, 3.63) is 42.0 Å². The second-order valence-corrected chi connectivity index (χ2v) is 3.85. The molecule has 1 heterocycles. The van der Waals surface area contributed by atoms with E-state index in [9.17, 15) is 4.39 Å². The second kappa shape index (κ2) is 5.44. The number of rotatable bonds is 4. The van der Waals surface area contributed by atoms with E-state index in [0.717, 1.165) is 12.4 Å². The number of aryl methyl sites for hydroxylation is 1. The van der Waals surface area contributed by atoms with E-state index < -0.39 is 0 Å². The van der Waals surface area contributed by atoms with Crippen LogP contribution in [0.15, 0.2) is 30.3 Å². The Balaban J connectivity index is 2.23. The third-order valence-corrected chi connectivity index (χ3v) is 2.29. The molecule has 0 amide bonds. The SMILES string of the molecule is CCNc1cc(Nc2cccc(F)c2)nc(C)n1. The topological polar surface area (TPSA) is 49.8 Å². The molecule has 0 aliphatic rings. The highest BCUT2D eigenvalue weighted by Crippen LogP contribution is 2.17. The van der Waals surface area contributed by atoms with Crippen LogP contribution >= 0.6 is 0 Å². The summed E-state index contributed by atoms with van der Waals surface area (Å²) in [5, 5.41) is 6.17. The lowest BCUT2D eigenvalue weighted by Crippen LogP contribution is -2.04. The minimum Gasteiger partial charge on any atom is -0.370 e. The van der Waals surface area contributed by atoms with Crippen LogP contribution < -0.4 is 10.6 Å². The Hall–Kier alpha value is -2.17. The van der Waals surface area contributed by atoms with Crippen molar-refractivity contribution in [3.63, 3.8) is 0 Å². The van der Waals surface area contributed by atoms with Gasteiger partial charge in [0, 0.05) is 18.3 Å². The van der Waals surface area contributed by atoms with Crippen LogP contribution in [0.25, 0.3) is 0 Å². The van der Waals surface area contributed by atoms with E-state index in [-0.39, 0.29) is 5.82 Å². The van der Waals surface area contributed by atoms with Gasteiger partial charge in [0.05, 0.1) is 0 Å². The van der Waals surface area contributed by atoms with E-state index >= 15 is 0 Å². The molecule has 0 unspecified atom stereocenters. The van der Waals surface area contributed by atoms with Gasteiger partial charge in [0.2, 0.25) is 0 Å². The number of aromatic nitrogens is 2. The van der Waals surface area contributed by atoms with Crippen LogP contribution in [-0.2, 0) is 0 Å². The first-order valence-electron chi connectivity index (χ1n) is 5.79. The molecule has 0 saturated carbocycles. The van der Waals surface area contributed by atoms with Gasteiger partial charge in [0.1, 0.15) is 23.3 Å². The fraction of sp³-hybridized carbons (Fsp3) is 0.231. The first-order chi connectivity index (χ1) is 8.67. The van der Waals surface area contributed by atoms with Crippen LogP contribution in [-0.4, -0.2) is 16.5 Å². The molecule has 0 saturated heterocycles. The van der Waals surface area contributed by atoms with Crippen LogP contribution in [0.4, 0.5) is 21.7 Å². The Kier molecular flexibility index (Phi) is 3.72. The lowest BCUT2D eigenvalue weighted by atomic mass is 10.3. The summed E-state index contributed by atoms with van der Waals surface area (Å²) in [7, 11) is 0. The Bertz CT molecular complexity index is 542. The van der Waals surface area contributed by atoms with Gasteiger partial charge >= 0.3 is 0 Å². The quantitative estimate of drug-likeness (QED) is 0.870. The maximum Gasteiger partial charge on any atom is 0.136 e. The molecule has 0 aliphatic heterocycles. The molecule has 0 atom stereocenters. The third kappa shape index (κ3) is 3.16. The molecule has 2 N–H and O–H groups in total. The predicted octanol–water partition coefficient (Wildman–Crippen LogP) is 3.10. The average molecular weight is 246 g/mol. The van der Waals surface area contributed by atoms with Crippen molar-refractivity contribution >= 4 is 17.3 Å². The number of hydrogen-bond donors (Lipinski definition) is 2. The summed E-state index contributed by atoms with van der Waals surface area (Å²) in [5.74, 6) is 1.78. The van der Waals surface area contributed by atoms with E-state index in [0.29, 0.717) is 17.3 Å². The Morgan fingerprint density at radius 2 is 1.94 bits per heavy atom. The largest absolute Gasteiger partial charge is 0.370 e. The van der Waals surface area contributed by atoms with Crippen molar-refractivity contribution < 1.29 is 4.39 Å². The highest BCUT2D eigenvalue weighted by Gasteiger charge is 2.02. The Morgan fingerprint density at radius 3 is 2.67 bits per heavy atom. The van der Waals surface area contributed by atoms with Gasteiger partial charge in [-0.15, -0.1) is 0 Å². The number of benzene rings is 1. The zero-order valence-electron chi connectivity index (χ0n) is 10.4. The monoisotopic (exact) mass is 246 g/mol. The summed E-state index contributed by atoms with van der Waals surface area (Å²) in [4.78, 5) is 8.50. The lowest BCUT2D eigenvalue weighted by molar-refractivity contribution is 0.628. The highest BCUT2D eigenvalue weighted by molar-refractivity contribution is 5.59. The molecule has 5 heteroatoms. The molecular weight excluding hydrogens is 231 g/mol. The molecule has 4 nitrogen and oxygen atoms in total. The van der Waals surface area contributed by atoms with Gasteiger partial charge in [-0.25, -0.2) is 14.4 Å². The first-order valence-corrected chi connectivity index (χ1v) is 5.79. The smallest absolute Gasteiger partial charge is 0.136 e. The van der Waals surface area contributed by atoms with Crippen LogP contribution in [0, 0.1) is 12.7 Å². The summed E-state index contributed by atoms with van der Waals surface area (Å²) in [6, 6.07) is 8.05. The molecule has 1 aromatic heterocycles. The lowest BCUT2D eigenvalue weighted by Gasteiger charge is -2.09. The Labute approximate surface area is 105 Å². The molecule has 1 aromatic carbocycles. The molecule has 0 aliphatic carbocycles. The molecule has 18 heavy (non-hydrogen) atoms. The van der Waals surface area contributed by atoms with Gasteiger partial charge in [-0.3, -0.25) is 0 Å². The van der Waals surface area contributed by atoms with Gasteiger partial charge in [-0.1, -0.05) is 6.07 Å². The van der Waals surface area contributed by atoms with Crippen LogP contribution in [0.2, 0.25) is 0 Å². The van der Waals surface area contributed by atoms with Crippen molar-refractivity contribution in [3.8, 4) is 0 Å². The number of hydrogen-bond acceptors (Lipinski definition) is 4. The van der Waals surface area contributed by atoms with Crippen LogP contribution in [0.1, 0.15) is 12.7 Å². The van der Waals surface area contributed by atoms with Crippen LogP contribution in [0.5, 0.6) is 0 Å². The van der Waals surface area contributed by atoms with Gasteiger partial charge in [0.15, 0.2) is 0 Å². The van der Waals surface area contributed by atoms with Gasteiger partial charge in [-0.2, -0.15) is 0 Å². The number of nitrogens with zero attached hydrogens (tertiary/aromatic N) is 2. The maximum absolute atomic E-state index is 13.1. The average Bonchev–Trinajstić information content (AvgIpc) is 2.28. The highest BCUT2D eigenvalue weighted by atomic mass is 19.1. The normalized spacial score (nSPS) is 10.2. The summed E-state index contributed by atoms with van der Waals surface area (Å²) in [6.07, 6.45) is 0. The van der Waals surface area contributed by atoms with Crippen molar-refractivity contribution in [2.24, 2.45) is 0 Å². The fourth-order valence-electron chi connectivity index (χ4n) is 1.62. The number of anilines is 3. The minimum atomic E-state index is -0.280. The van der Waals surface area contributed by atoms with Crippen molar-refractivity contribution in [1.82, 2.24) is 9.97 Å². The number of nitrogens with one attached hydrogen (secondary N) is 2. The zero-order chi connectivity index (χ0) is 13.0. The van der Waals surface area contributed by atoms with Crippen molar-refractivity contribution in [2.75, 3.05) is 17.2 Å². The zero-order valence-corrected chi connectivity index (χ0v) is 10.4. The van der Waals surface area contributed by atoms with Crippen molar-refractivity contribution in [2.45, 2.75) is 13.8 Å². The molecule has 0 spiro atoms. The summed E-state index contributed by atoms with van der Waals surface area (Å²) < 4.78 is 13.1. The molecule has 0 bridgehead atoms. The summed E-state index contributed by atoms with van der Waals surface area (Å²) in [5.41, 5.74) is 0.663. The first kappa shape index (κ1) is 12.3. The molecule has 94 valence electrons. The second-order valence-electron chi connectivity index (χ2n) is 3.85. The van der Waals surface area contributed by atoms with E-state index in [2.05, 4.69) is 20.6 Å². The van der Waals surface area contributed by atoms with Gasteiger partial charge in [-0.05, 0) is 32.0 Å². The maximum atomic E-state index is 13.1. The molecule has 0 radical (unpaired) electrons. The van der Waals surface area contributed by atoms with E-state index in [1.807, 2.05) is 13.8 Å². The standard InChI is InChI=1S/C13H15FN4/c1-3-15-12-8-13(17-9(2)16-12)18-11-6-4-5-10(14)7-11/h4-8H,3H2,1-2H3,(H2,15,16,17,18). The summed E-state index contributed by atoms with van der Waals surface area (Å²) >= 11 is 0. The minimum absolute atomic E-state index is 0.280. The van der Waals surface area contributed by atoms with Crippen LogP contribution in [0.3, 0.4) is 0 Å². The molecule has 0 fully saturated rings. The molecular formula is C13H15FN4. The predicted molar refractivity (Wildman–Crippen MR) is 70.6 cm³/mol. The van der Waals surface area contributed by atoms with E-state index in [1.165, 1.54) is 12.1 Å². The van der Waals surface area contributed by atoms with Gasteiger partial charge < -0.3 is 10.6 Å². The Morgan fingerprint density at radius 1 is 1.17 bits per heavy atom.